The maximum atomic E-state index is 11.3. The molecule has 49 heavy (non-hydrogen) atoms. The lowest BCUT2D eigenvalue weighted by molar-refractivity contribution is 0.403. The smallest absolute Gasteiger partial charge is 0.168 e. The van der Waals surface area contributed by atoms with Crippen molar-refractivity contribution in [3.8, 4) is 62.5 Å². The van der Waals surface area contributed by atoms with Crippen molar-refractivity contribution < 1.29 is 15.3 Å². The highest BCUT2D eigenvalue weighted by Gasteiger charge is 2.25. The van der Waals surface area contributed by atoms with Gasteiger partial charge in [0, 0.05) is 62.6 Å². The second-order valence-electron chi connectivity index (χ2n) is 12.1. The van der Waals surface area contributed by atoms with Crippen molar-refractivity contribution >= 4 is 89.6 Å². The third-order valence-corrected chi connectivity index (χ3v) is 11.8. The van der Waals surface area contributed by atoms with E-state index in [-0.39, 0.29) is 17.1 Å². The summed E-state index contributed by atoms with van der Waals surface area (Å²) in [6.07, 6.45) is 0. The summed E-state index contributed by atoms with van der Waals surface area (Å²) < 4.78 is 4.52. The van der Waals surface area contributed by atoms with Gasteiger partial charge in [0.2, 0.25) is 0 Å². The lowest BCUT2D eigenvalue weighted by Crippen LogP contribution is -2.26. The quantitative estimate of drug-likeness (QED) is 0.107. The first kappa shape index (κ1) is 29.4. The summed E-state index contributed by atoms with van der Waals surface area (Å²) >= 11 is 3.42. The van der Waals surface area contributed by atoms with Crippen molar-refractivity contribution in [1.29, 1.82) is 0 Å². The fraction of sp³-hybridized carbons (Fsp3) is 0. The molecule has 9 aromatic rings. The van der Waals surface area contributed by atoms with Gasteiger partial charge in [-0.05, 0) is 35.2 Å². The molecule has 9 rings (SSSR count). The molecule has 0 fully saturated rings. The van der Waals surface area contributed by atoms with Gasteiger partial charge >= 0.3 is 0 Å². The number of phenols is 3. The Balaban J connectivity index is 1.36. The molecule has 0 aliphatic rings. The Labute approximate surface area is 290 Å². The van der Waals surface area contributed by atoms with Gasteiger partial charge in [0.25, 0.3) is 0 Å². The molecule has 0 radical (unpaired) electrons. The molecule has 0 saturated heterocycles. The zero-order chi connectivity index (χ0) is 33.4. The van der Waals surface area contributed by atoms with Gasteiger partial charge in [0.1, 0.15) is 21.4 Å². The standard InChI is InChI=1S/C39H25B2N3O3S2/c40-30-31(41)34(47)33(46)29(32(30)45)21-11-1-2-12-24(21)37-42-38(25-15-7-13-22-19-9-3-5-17-27(19)48-35(22)25)44-39(43-37)26-16-8-14-23-20-10-4-6-18-28(20)49-36(23)26/h1-18,45-47H,40-41H2. The van der Waals surface area contributed by atoms with Crippen LogP contribution in [0.2, 0.25) is 0 Å². The molecule has 0 bridgehead atoms. The van der Waals surface area contributed by atoms with Crippen molar-refractivity contribution in [3.63, 3.8) is 0 Å². The summed E-state index contributed by atoms with van der Waals surface area (Å²) in [6.45, 7) is 0. The molecule has 232 valence electrons. The number of aromatic hydroxyl groups is 3. The first-order valence-electron chi connectivity index (χ1n) is 15.8. The van der Waals surface area contributed by atoms with Crippen LogP contribution < -0.4 is 10.9 Å². The van der Waals surface area contributed by atoms with E-state index in [9.17, 15) is 15.3 Å². The van der Waals surface area contributed by atoms with Crippen LogP contribution in [-0.2, 0) is 0 Å². The Hall–Kier alpha value is -5.70. The fourth-order valence-electron chi connectivity index (χ4n) is 6.69. The van der Waals surface area contributed by atoms with Crippen molar-refractivity contribution in [2.24, 2.45) is 0 Å². The monoisotopic (exact) mass is 669 g/mol. The van der Waals surface area contributed by atoms with Gasteiger partial charge in [-0.2, -0.15) is 0 Å². The highest BCUT2D eigenvalue weighted by Crippen LogP contribution is 2.46. The van der Waals surface area contributed by atoms with Gasteiger partial charge in [0.05, 0.1) is 5.56 Å². The first-order valence-corrected chi connectivity index (χ1v) is 17.4. The van der Waals surface area contributed by atoms with Crippen LogP contribution in [0.1, 0.15) is 0 Å². The normalized spacial score (nSPS) is 11.7. The predicted molar refractivity (Wildman–Crippen MR) is 209 cm³/mol. The summed E-state index contributed by atoms with van der Waals surface area (Å²) in [5.41, 5.74) is 3.85. The van der Waals surface area contributed by atoms with E-state index < -0.39 is 5.75 Å². The highest BCUT2D eigenvalue weighted by atomic mass is 32.1. The van der Waals surface area contributed by atoms with Gasteiger partial charge in [-0.1, -0.05) is 84.9 Å². The van der Waals surface area contributed by atoms with E-state index in [1.54, 1.807) is 44.4 Å². The van der Waals surface area contributed by atoms with Crippen LogP contribution in [-0.4, -0.2) is 46.0 Å². The molecule has 0 aliphatic heterocycles. The molecular weight excluding hydrogens is 644 g/mol. The molecule has 0 atom stereocenters. The Morgan fingerprint density at radius 2 is 0.816 bits per heavy atom. The number of aromatic nitrogens is 3. The van der Waals surface area contributed by atoms with E-state index in [4.69, 9.17) is 15.0 Å². The molecule has 0 unspecified atom stereocenters. The molecule has 0 spiro atoms. The number of hydrogen-bond donors (Lipinski definition) is 3. The fourth-order valence-corrected chi connectivity index (χ4v) is 9.11. The topological polar surface area (TPSA) is 99.4 Å². The van der Waals surface area contributed by atoms with Crippen molar-refractivity contribution in [3.05, 3.63) is 109 Å². The van der Waals surface area contributed by atoms with Gasteiger partial charge < -0.3 is 15.3 Å². The Morgan fingerprint density at radius 1 is 0.408 bits per heavy atom. The minimum Gasteiger partial charge on any atom is -0.508 e. The molecule has 0 amide bonds. The molecule has 6 nitrogen and oxygen atoms in total. The average molecular weight is 669 g/mol. The highest BCUT2D eigenvalue weighted by molar-refractivity contribution is 7.26. The minimum absolute atomic E-state index is 0.111. The van der Waals surface area contributed by atoms with Gasteiger partial charge in [-0.25, -0.2) is 15.0 Å². The van der Waals surface area contributed by atoms with E-state index in [0.29, 0.717) is 39.5 Å². The zero-order valence-electron chi connectivity index (χ0n) is 26.4. The Kier molecular flexibility index (Phi) is 6.72. The third-order valence-electron chi connectivity index (χ3n) is 9.33. The molecule has 3 aromatic heterocycles. The minimum atomic E-state index is -0.396. The average Bonchev–Trinajstić information content (AvgIpc) is 3.72. The SMILES string of the molecule is Bc1c(B)c(O)c(-c2ccccc2-c2nc(-c3cccc4c3sc3ccccc34)nc(-c3cccc4c3sc3ccccc34)n2)c(O)c1O. The number of thiophene rings is 2. The van der Waals surface area contributed by atoms with Crippen LogP contribution in [0.15, 0.2) is 109 Å². The van der Waals surface area contributed by atoms with Crippen LogP contribution in [0.25, 0.3) is 85.6 Å². The zero-order valence-corrected chi connectivity index (χ0v) is 28.0. The summed E-state index contributed by atoms with van der Waals surface area (Å²) in [7, 11) is 3.37. The second-order valence-corrected chi connectivity index (χ2v) is 14.2. The maximum Gasteiger partial charge on any atom is 0.168 e. The van der Waals surface area contributed by atoms with E-state index in [1.807, 2.05) is 42.5 Å². The van der Waals surface area contributed by atoms with Crippen molar-refractivity contribution in [2.45, 2.75) is 0 Å². The summed E-state index contributed by atoms with van der Waals surface area (Å²) in [5.74, 6) is 0.628. The second kappa shape index (κ2) is 11.2. The predicted octanol–water partition coefficient (Wildman–Crippen LogP) is 6.91. The molecular formula is C39H25B2N3O3S2. The van der Waals surface area contributed by atoms with E-state index in [2.05, 4.69) is 60.7 Å². The summed E-state index contributed by atoms with van der Waals surface area (Å²) in [4.78, 5) is 15.4. The molecule has 0 saturated carbocycles. The van der Waals surface area contributed by atoms with Gasteiger partial charge in [0.15, 0.2) is 29.0 Å². The summed E-state index contributed by atoms with van der Waals surface area (Å²) in [6, 6.07) is 36.5. The Bertz CT molecular complexity index is 2650. The molecule has 0 aliphatic carbocycles. The van der Waals surface area contributed by atoms with Crippen LogP contribution >= 0.6 is 22.7 Å². The lowest BCUT2D eigenvalue weighted by atomic mass is 9.76. The van der Waals surface area contributed by atoms with Crippen molar-refractivity contribution in [1.82, 2.24) is 15.0 Å². The number of phenolic OH excluding ortho intramolecular Hbond substituents is 3. The van der Waals surface area contributed by atoms with Crippen molar-refractivity contribution in [2.75, 3.05) is 0 Å². The van der Waals surface area contributed by atoms with E-state index >= 15 is 0 Å². The number of nitrogens with zero attached hydrogens (tertiary/aromatic N) is 3. The van der Waals surface area contributed by atoms with Crippen LogP contribution in [0.5, 0.6) is 17.2 Å². The van der Waals surface area contributed by atoms with E-state index in [1.165, 1.54) is 20.2 Å². The van der Waals surface area contributed by atoms with Crippen LogP contribution in [0.4, 0.5) is 0 Å². The van der Waals surface area contributed by atoms with Crippen LogP contribution in [0.3, 0.4) is 0 Å². The number of hydrogen-bond acceptors (Lipinski definition) is 8. The molecule has 10 heteroatoms. The number of rotatable bonds is 4. The molecule has 3 heterocycles. The van der Waals surface area contributed by atoms with Crippen LogP contribution in [0, 0.1) is 0 Å². The van der Waals surface area contributed by atoms with Gasteiger partial charge in [-0.3, -0.25) is 0 Å². The molecule has 3 N–H and O–H groups in total. The lowest BCUT2D eigenvalue weighted by Gasteiger charge is -2.17. The van der Waals surface area contributed by atoms with E-state index in [0.717, 1.165) is 31.3 Å². The Morgan fingerprint density at radius 3 is 1.37 bits per heavy atom. The number of fused-ring (bicyclic) bond motifs is 6. The number of benzene rings is 6. The third kappa shape index (κ3) is 4.52. The molecule has 6 aromatic carbocycles. The van der Waals surface area contributed by atoms with Gasteiger partial charge in [-0.15, -0.1) is 22.7 Å². The largest absolute Gasteiger partial charge is 0.508 e. The first-order chi connectivity index (χ1) is 23.9. The summed E-state index contributed by atoms with van der Waals surface area (Å²) in [5, 5.41) is 38.0. The maximum absolute atomic E-state index is 11.3.